The normalized spacial score (nSPS) is 10.8. The van der Waals surface area contributed by atoms with Crippen molar-refractivity contribution in [1.82, 2.24) is 5.32 Å². The Bertz CT molecular complexity index is 438. The number of hydrogen-bond donors (Lipinski definition) is 2. The first-order valence-electron chi connectivity index (χ1n) is 6.68. The van der Waals surface area contributed by atoms with E-state index in [1.54, 1.807) is 20.8 Å². The zero-order valence-electron chi connectivity index (χ0n) is 12.2. The summed E-state index contributed by atoms with van der Waals surface area (Å²) >= 11 is 0. The highest BCUT2D eigenvalue weighted by Crippen LogP contribution is 2.07. The molecular weight excluding hydrogens is 256 g/mol. The van der Waals surface area contributed by atoms with Crippen LogP contribution < -0.4 is 10.6 Å². The van der Waals surface area contributed by atoms with Crippen molar-refractivity contribution in [1.29, 1.82) is 0 Å². The number of hydrogen-bond acceptors (Lipinski definition) is 3. The topological polar surface area (TPSA) is 67.4 Å². The summed E-state index contributed by atoms with van der Waals surface area (Å²) in [5.74, 6) is -0.0674. The number of rotatable bonds is 5. The fourth-order valence-corrected chi connectivity index (χ4v) is 1.50. The number of nitrogens with one attached hydrogen (secondary N) is 2. The van der Waals surface area contributed by atoms with Gasteiger partial charge in [-0.2, -0.15) is 0 Å². The molecule has 0 unspecified atom stereocenters. The van der Waals surface area contributed by atoms with Gasteiger partial charge in [-0.1, -0.05) is 18.2 Å². The maximum absolute atomic E-state index is 11.6. The quantitative estimate of drug-likeness (QED) is 0.814. The van der Waals surface area contributed by atoms with E-state index in [0.29, 0.717) is 19.4 Å². The first-order valence-corrected chi connectivity index (χ1v) is 6.68. The molecule has 1 aromatic carbocycles. The van der Waals surface area contributed by atoms with Crippen molar-refractivity contribution in [3.8, 4) is 0 Å². The lowest BCUT2D eigenvalue weighted by atomic mass is 10.2. The number of ether oxygens (including phenoxy) is 1. The zero-order chi connectivity index (χ0) is 15.0. The SMILES string of the molecule is CC(C)(C)OC(=O)NCCCC(=O)Nc1ccccc1. The number of carbonyl (C=O) groups excluding carboxylic acids is 2. The average Bonchev–Trinajstić information content (AvgIpc) is 2.34. The molecule has 20 heavy (non-hydrogen) atoms. The van der Waals surface area contributed by atoms with E-state index in [1.807, 2.05) is 30.3 Å². The van der Waals surface area contributed by atoms with Gasteiger partial charge in [-0.25, -0.2) is 4.79 Å². The number of carbonyl (C=O) groups is 2. The van der Waals surface area contributed by atoms with E-state index in [1.165, 1.54) is 0 Å². The number of alkyl carbamates (subject to hydrolysis) is 1. The summed E-state index contributed by atoms with van der Waals surface area (Å²) in [5.41, 5.74) is 0.270. The number of para-hydroxylation sites is 1. The molecule has 0 atom stereocenters. The molecule has 0 radical (unpaired) electrons. The van der Waals surface area contributed by atoms with Crippen LogP contribution in [0.4, 0.5) is 10.5 Å². The molecule has 2 amide bonds. The molecule has 0 aliphatic heterocycles. The maximum atomic E-state index is 11.6. The van der Waals surface area contributed by atoms with E-state index in [0.717, 1.165) is 5.69 Å². The van der Waals surface area contributed by atoms with Gasteiger partial charge in [0.05, 0.1) is 0 Å². The summed E-state index contributed by atoms with van der Waals surface area (Å²) in [6.07, 6.45) is 0.462. The van der Waals surface area contributed by atoms with E-state index in [-0.39, 0.29) is 5.91 Å². The number of amides is 2. The largest absolute Gasteiger partial charge is 0.444 e. The molecule has 0 saturated carbocycles. The molecule has 0 heterocycles. The van der Waals surface area contributed by atoms with Gasteiger partial charge in [0.15, 0.2) is 0 Å². The first-order chi connectivity index (χ1) is 9.37. The molecule has 0 bridgehead atoms. The van der Waals surface area contributed by atoms with Crippen molar-refractivity contribution < 1.29 is 14.3 Å². The number of anilines is 1. The lowest BCUT2D eigenvalue weighted by molar-refractivity contribution is -0.116. The van der Waals surface area contributed by atoms with Crippen molar-refractivity contribution in [2.45, 2.75) is 39.2 Å². The van der Waals surface area contributed by atoms with Crippen molar-refractivity contribution in [3.05, 3.63) is 30.3 Å². The fourth-order valence-electron chi connectivity index (χ4n) is 1.50. The van der Waals surface area contributed by atoms with Gasteiger partial charge < -0.3 is 15.4 Å². The standard InChI is InChI=1S/C15H22N2O3/c1-15(2,3)20-14(19)16-11-7-10-13(18)17-12-8-5-4-6-9-12/h4-6,8-9H,7,10-11H2,1-3H3,(H,16,19)(H,17,18). The molecule has 0 aliphatic carbocycles. The molecule has 1 aromatic rings. The lowest BCUT2D eigenvalue weighted by Gasteiger charge is -2.19. The molecule has 1 rings (SSSR count). The third kappa shape index (κ3) is 7.41. The van der Waals surface area contributed by atoms with Crippen LogP contribution in [-0.2, 0) is 9.53 Å². The Hall–Kier alpha value is -2.04. The Morgan fingerprint density at radius 2 is 1.80 bits per heavy atom. The summed E-state index contributed by atoms with van der Waals surface area (Å²) in [4.78, 5) is 23.0. The van der Waals surface area contributed by atoms with Crippen LogP contribution in [0.5, 0.6) is 0 Å². The highest BCUT2D eigenvalue weighted by molar-refractivity contribution is 5.90. The van der Waals surface area contributed by atoms with Gasteiger partial charge in [0.2, 0.25) is 5.91 Å². The Balaban J connectivity index is 2.15. The van der Waals surface area contributed by atoms with E-state index in [4.69, 9.17) is 4.74 Å². The summed E-state index contributed by atoms with van der Waals surface area (Å²) in [7, 11) is 0. The smallest absolute Gasteiger partial charge is 0.407 e. The van der Waals surface area contributed by atoms with Crippen molar-refractivity contribution in [3.63, 3.8) is 0 Å². The molecule has 110 valence electrons. The van der Waals surface area contributed by atoms with Gasteiger partial charge in [-0.15, -0.1) is 0 Å². The molecule has 0 saturated heterocycles. The van der Waals surface area contributed by atoms with Crippen molar-refractivity contribution in [2.24, 2.45) is 0 Å². The predicted octanol–water partition coefficient (Wildman–Crippen LogP) is 2.93. The van der Waals surface area contributed by atoms with Gasteiger partial charge >= 0.3 is 6.09 Å². The Labute approximate surface area is 119 Å². The Morgan fingerprint density at radius 1 is 1.15 bits per heavy atom. The number of benzene rings is 1. The third-order valence-corrected chi connectivity index (χ3v) is 2.31. The van der Waals surface area contributed by atoms with Crippen LogP contribution in [-0.4, -0.2) is 24.1 Å². The first kappa shape index (κ1) is 16.0. The summed E-state index contributed by atoms with van der Waals surface area (Å²) < 4.78 is 5.09. The van der Waals surface area contributed by atoms with Crippen LogP contribution in [0.1, 0.15) is 33.6 Å². The highest BCUT2D eigenvalue weighted by Gasteiger charge is 2.15. The maximum Gasteiger partial charge on any atom is 0.407 e. The van der Waals surface area contributed by atoms with Crippen LogP contribution >= 0.6 is 0 Å². The Morgan fingerprint density at radius 3 is 2.40 bits per heavy atom. The van der Waals surface area contributed by atoms with Gasteiger partial charge in [-0.3, -0.25) is 4.79 Å². The molecule has 2 N–H and O–H groups in total. The Kier molecular flexibility index (Phi) is 6.03. The van der Waals surface area contributed by atoms with E-state index in [2.05, 4.69) is 10.6 Å². The van der Waals surface area contributed by atoms with E-state index < -0.39 is 11.7 Å². The van der Waals surface area contributed by atoms with Gasteiger partial charge in [0.25, 0.3) is 0 Å². The third-order valence-electron chi connectivity index (χ3n) is 2.31. The predicted molar refractivity (Wildman–Crippen MR) is 78.5 cm³/mol. The zero-order valence-corrected chi connectivity index (χ0v) is 12.2. The minimum Gasteiger partial charge on any atom is -0.444 e. The minimum atomic E-state index is -0.505. The van der Waals surface area contributed by atoms with E-state index >= 15 is 0 Å². The summed E-state index contributed by atoms with van der Waals surface area (Å²) in [5, 5.41) is 5.40. The van der Waals surface area contributed by atoms with Crippen LogP contribution in [0.3, 0.4) is 0 Å². The van der Waals surface area contributed by atoms with E-state index in [9.17, 15) is 9.59 Å². The van der Waals surface area contributed by atoms with Crippen molar-refractivity contribution >= 4 is 17.7 Å². The fraction of sp³-hybridized carbons (Fsp3) is 0.467. The van der Waals surface area contributed by atoms with Crippen LogP contribution in [0, 0.1) is 0 Å². The summed E-state index contributed by atoms with van der Waals surface area (Å²) in [6.45, 7) is 5.83. The highest BCUT2D eigenvalue weighted by atomic mass is 16.6. The second-order valence-corrected chi connectivity index (χ2v) is 5.45. The van der Waals surface area contributed by atoms with Crippen molar-refractivity contribution in [2.75, 3.05) is 11.9 Å². The molecule has 0 spiro atoms. The molecular formula is C15H22N2O3. The molecule has 0 aromatic heterocycles. The second kappa shape index (κ2) is 7.53. The summed E-state index contributed by atoms with van der Waals surface area (Å²) in [6, 6.07) is 9.27. The molecule has 0 fully saturated rings. The van der Waals surface area contributed by atoms with Crippen LogP contribution in [0.15, 0.2) is 30.3 Å². The van der Waals surface area contributed by atoms with Gasteiger partial charge in [-0.05, 0) is 39.3 Å². The van der Waals surface area contributed by atoms with Crippen LogP contribution in [0.25, 0.3) is 0 Å². The van der Waals surface area contributed by atoms with Gasteiger partial charge in [0.1, 0.15) is 5.60 Å². The molecule has 0 aliphatic rings. The lowest BCUT2D eigenvalue weighted by Crippen LogP contribution is -2.33. The van der Waals surface area contributed by atoms with Gasteiger partial charge in [0, 0.05) is 18.7 Å². The monoisotopic (exact) mass is 278 g/mol. The second-order valence-electron chi connectivity index (χ2n) is 5.45. The minimum absolute atomic E-state index is 0.0674. The van der Waals surface area contributed by atoms with Crippen LogP contribution in [0.2, 0.25) is 0 Å². The average molecular weight is 278 g/mol. The molecule has 5 heteroatoms. The molecule has 5 nitrogen and oxygen atoms in total.